The standard InChI is InChI=1S/C26H22FN3O4/c27-21-9-5-4-8-19(21)17-10-11-22-20(14-17)26(33)30-13-12-29(15-23(30)25(32)28-22)24(31)16-34-18-6-2-1-3-7-18/h1-11,14,23H,12-13,15-16H2,(H,28,32). The quantitative estimate of drug-likeness (QED) is 0.650. The first-order valence-corrected chi connectivity index (χ1v) is 11.0. The van der Waals surface area contributed by atoms with Gasteiger partial charge in [-0.05, 0) is 35.9 Å². The Hall–Kier alpha value is -4.20. The maximum atomic E-state index is 14.3. The van der Waals surface area contributed by atoms with Crippen molar-refractivity contribution >= 4 is 23.4 Å². The fourth-order valence-electron chi connectivity index (χ4n) is 4.29. The number of fused-ring (bicyclic) bond motifs is 2. The van der Waals surface area contributed by atoms with Crippen LogP contribution in [0, 0.1) is 5.82 Å². The lowest BCUT2D eigenvalue weighted by Gasteiger charge is -2.39. The van der Waals surface area contributed by atoms with Crippen molar-refractivity contribution in [3.8, 4) is 16.9 Å². The van der Waals surface area contributed by atoms with E-state index >= 15 is 0 Å². The lowest BCUT2D eigenvalue weighted by atomic mass is 10.0. The van der Waals surface area contributed by atoms with Crippen LogP contribution in [0.2, 0.25) is 0 Å². The molecule has 8 heteroatoms. The van der Waals surface area contributed by atoms with Crippen molar-refractivity contribution in [2.45, 2.75) is 6.04 Å². The minimum absolute atomic E-state index is 0.0721. The second kappa shape index (κ2) is 8.97. The molecule has 3 aromatic carbocycles. The summed E-state index contributed by atoms with van der Waals surface area (Å²) < 4.78 is 19.8. The Morgan fingerprint density at radius 3 is 2.53 bits per heavy atom. The largest absolute Gasteiger partial charge is 0.484 e. The number of hydrogen-bond acceptors (Lipinski definition) is 4. The van der Waals surface area contributed by atoms with Gasteiger partial charge in [-0.25, -0.2) is 4.39 Å². The van der Waals surface area contributed by atoms with Crippen LogP contribution in [0.25, 0.3) is 11.1 Å². The first-order valence-electron chi connectivity index (χ1n) is 11.0. The molecule has 2 aliphatic rings. The molecule has 0 spiro atoms. The smallest absolute Gasteiger partial charge is 0.260 e. The summed E-state index contributed by atoms with van der Waals surface area (Å²) in [5, 5.41) is 2.80. The molecule has 0 radical (unpaired) electrons. The second-order valence-corrected chi connectivity index (χ2v) is 8.19. The molecule has 5 rings (SSSR count). The summed E-state index contributed by atoms with van der Waals surface area (Å²) in [5.41, 5.74) is 1.59. The van der Waals surface area contributed by atoms with Crippen molar-refractivity contribution in [1.82, 2.24) is 9.80 Å². The van der Waals surface area contributed by atoms with Crippen LogP contribution in [0.15, 0.2) is 72.8 Å². The van der Waals surface area contributed by atoms with E-state index in [0.29, 0.717) is 28.1 Å². The molecule has 0 bridgehead atoms. The zero-order valence-electron chi connectivity index (χ0n) is 18.2. The van der Waals surface area contributed by atoms with Crippen LogP contribution >= 0.6 is 0 Å². The maximum Gasteiger partial charge on any atom is 0.260 e. The number of benzene rings is 3. The third-order valence-corrected chi connectivity index (χ3v) is 6.09. The van der Waals surface area contributed by atoms with Gasteiger partial charge in [0.05, 0.1) is 17.8 Å². The van der Waals surface area contributed by atoms with Crippen LogP contribution < -0.4 is 10.1 Å². The minimum atomic E-state index is -0.828. The molecule has 1 fully saturated rings. The molecule has 0 saturated carbocycles. The summed E-state index contributed by atoms with van der Waals surface area (Å²) in [5.74, 6) is -0.767. The number of nitrogens with zero attached hydrogens (tertiary/aromatic N) is 2. The van der Waals surface area contributed by atoms with Crippen LogP contribution in [0.4, 0.5) is 10.1 Å². The number of carbonyl (C=O) groups is 3. The molecular formula is C26H22FN3O4. The van der Waals surface area contributed by atoms with Gasteiger partial charge in [0.15, 0.2) is 6.61 Å². The van der Waals surface area contributed by atoms with Gasteiger partial charge in [-0.2, -0.15) is 0 Å². The monoisotopic (exact) mass is 459 g/mol. The van der Waals surface area contributed by atoms with E-state index in [0.717, 1.165) is 0 Å². The first kappa shape index (κ1) is 21.6. The molecule has 172 valence electrons. The zero-order chi connectivity index (χ0) is 23.7. The van der Waals surface area contributed by atoms with Gasteiger partial charge in [-0.3, -0.25) is 14.4 Å². The summed E-state index contributed by atoms with van der Waals surface area (Å²) in [6.45, 7) is 0.410. The van der Waals surface area contributed by atoms with E-state index in [4.69, 9.17) is 4.74 Å². The number of anilines is 1. The van der Waals surface area contributed by atoms with Crippen molar-refractivity contribution in [2.75, 3.05) is 31.6 Å². The van der Waals surface area contributed by atoms with E-state index in [1.165, 1.54) is 15.9 Å². The average molecular weight is 459 g/mol. The molecule has 3 aromatic rings. The van der Waals surface area contributed by atoms with Crippen molar-refractivity contribution in [3.05, 3.63) is 84.2 Å². The highest BCUT2D eigenvalue weighted by atomic mass is 19.1. The fourth-order valence-corrected chi connectivity index (χ4v) is 4.29. The number of piperazine rings is 1. The summed E-state index contributed by atoms with van der Waals surface area (Å²) in [4.78, 5) is 42.1. The van der Waals surface area contributed by atoms with Crippen LogP contribution in [-0.2, 0) is 9.59 Å². The highest BCUT2D eigenvalue weighted by Gasteiger charge is 2.40. The lowest BCUT2D eigenvalue weighted by Crippen LogP contribution is -2.60. The first-order chi connectivity index (χ1) is 16.5. The summed E-state index contributed by atoms with van der Waals surface area (Å²) in [6, 6.07) is 19.4. The van der Waals surface area contributed by atoms with Gasteiger partial charge in [0, 0.05) is 18.7 Å². The molecule has 1 N–H and O–H groups in total. The maximum absolute atomic E-state index is 14.3. The summed E-state index contributed by atoms with van der Waals surface area (Å²) in [6.07, 6.45) is 0. The SMILES string of the molecule is O=C1Nc2ccc(-c3ccccc3F)cc2C(=O)N2CCN(C(=O)COc3ccccc3)CC12. The highest BCUT2D eigenvalue weighted by molar-refractivity contribution is 6.10. The Morgan fingerprint density at radius 2 is 1.74 bits per heavy atom. The van der Waals surface area contributed by atoms with Gasteiger partial charge in [0.2, 0.25) is 5.91 Å². The van der Waals surface area contributed by atoms with Crippen molar-refractivity contribution in [2.24, 2.45) is 0 Å². The van der Waals surface area contributed by atoms with E-state index in [1.807, 2.05) is 18.2 Å². The molecule has 2 aliphatic heterocycles. The summed E-state index contributed by atoms with van der Waals surface area (Å²) >= 11 is 0. The molecule has 7 nitrogen and oxygen atoms in total. The van der Waals surface area contributed by atoms with Gasteiger partial charge < -0.3 is 19.9 Å². The number of rotatable bonds is 4. The number of ether oxygens (including phenoxy) is 1. The number of halogens is 1. The topological polar surface area (TPSA) is 79.0 Å². The normalized spacial score (nSPS) is 17.4. The van der Waals surface area contributed by atoms with Gasteiger partial charge >= 0.3 is 0 Å². The number of hydrogen-bond donors (Lipinski definition) is 1. The summed E-state index contributed by atoms with van der Waals surface area (Å²) in [7, 11) is 0. The van der Waals surface area contributed by atoms with Crippen LogP contribution in [0.3, 0.4) is 0 Å². The van der Waals surface area contributed by atoms with Gasteiger partial charge in [0.25, 0.3) is 11.8 Å². The Kier molecular flexibility index (Phi) is 5.71. The molecule has 0 aromatic heterocycles. The number of carbonyl (C=O) groups excluding carboxylic acids is 3. The van der Waals surface area contributed by atoms with Crippen LogP contribution in [0.1, 0.15) is 10.4 Å². The predicted octanol–water partition coefficient (Wildman–Crippen LogP) is 3.18. The molecule has 2 heterocycles. The van der Waals surface area contributed by atoms with Crippen LogP contribution in [-0.4, -0.2) is 59.8 Å². The number of para-hydroxylation sites is 1. The zero-order valence-corrected chi connectivity index (χ0v) is 18.2. The molecule has 1 saturated heterocycles. The fraction of sp³-hybridized carbons (Fsp3) is 0.192. The molecule has 3 amide bonds. The van der Waals surface area contributed by atoms with Gasteiger partial charge in [-0.1, -0.05) is 42.5 Å². The van der Waals surface area contributed by atoms with Gasteiger partial charge in [0.1, 0.15) is 17.6 Å². The molecule has 0 aliphatic carbocycles. The molecule has 1 unspecified atom stereocenters. The van der Waals surface area contributed by atoms with Crippen molar-refractivity contribution in [3.63, 3.8) is 0 Å². The predicted molar refractivity (Wildman–Crippen MR) is 124 cm³/mol. The van der Waals surface area contributed by atoms with Crippen LogP contribution in [0.5, 0.6) is 5.75 Å². The highest BCUT2D eigenvalue weighted by Crippen LogP contribution is 2.31. The van der Waals surface area contributed by atoms with E-state index in [9.17, 15) is 18.8 Å². The van der Waals surface area contributed by atoms with Crippen molar-refractivity contribution < 1.29 is 23.5 Å². The minimum Gasteiger partial charge on any atom is -0.484 e. The second-order valence-electron chi connectivity index (χ2n) is 8.19. The third-order valence-electron chi connectivity index (χ3n) is 6.09. The lowest BCUT2D eigenvalue weighted by molar-refractivity contribution is -0.137. The third kappa shape index (κ3) is 4.10. The van der Waals surface area contributed by atoms with E-state index < -0.39 is 11.9 Å². The van der Waals surface area contributed by atoms with E-state index in [-0.39, 0.29) is 44.0 Å². The Balaban J connectivity index is 1.34. The Morgan fingerprint density at radius 1 is 0.971 bits per heavy atom. The molecule has 34 heavy (non-hydrogen) atoms. The Bertz CT molecular complexity index is 1260. The van der Waals surface area contributed by atoms with E-state index in [2.05, 4.69) is 5.32 Å². The van der Waals surface area contributed by atoms with Gasteiger partial charge in [-0.15, -0.1) is 0 Å². The number of amides is 3. The Labute approximate surface area is 195 Å². The average Bonchev–Trinajstić information content (AvgIpc) is 2.97. The van der Waals surface area contributed by atoms with Crippen molar-refractivity contribution in [1.29, 1.82) is 0 Å². The number of nitrogens with one attached hydrogen (secondary N) is 1. The molecular weight excluding hydrogens is 437 g/mol. The van der Waals surface area contributed by atoms with E-state index in [1.54, 1.807) is 48.5 Å². The molecule has 1 atom stereocenters.